The highest BCUT2D eigenvalue weighted by molar-refractivity contribution is 14.1. The summed E-state index contributed by atoms with van der Waals surface area (Å²) in [5, 5.41) is 27.9. The number of amides is 1. The third kappa shape index (κ3) is 3.26. The average Bonchev–Trinajstić information content (AvgIpc) is 3.31. The Morgan fingerprint density at radius 1 is 1.34 bits per heavy atom. The lowest BCUT2D eigenvalue weighted by atomic mass is 9.98. The van der Waals surface area contributed by atoms with E-state index in [1.54, 1.807) is 4.57 Å². The van der Waals surface area contributed by atoms with Gasteiger partial charge in [0.2, 0.25) is 11.2 Å². The Morgan fingerprint density at radius 2 is 2.12 bits per heavy atom. The van der Waals surface area contributed by atoms with Crippen molar-refractivity contribution >= 4 is 68.7 Å². The van der Waals surface area contributed by atoms with Crippen LogP contribution in [-0.4, -0.2) is 54.9 Å². The number of aromatic nitrogens is 4. The molecule has 0 saturated heterocycles. The van der Waals surface area contributed by atoms with Crippen LogP contribution in [0.3, 0.4) is 0 Å². The summed E-state index contributed by atoms with van der Waals surface area (Å²) in [7, 11) is 1.52. The Morgan fingerprint density at radius 3 is 2.88 bits per heavy atom. The maximum Gasteiger partial charge on any atom is 0.229 e. The predicted molar refractivity (Wildman–Crippen MR) is 127 cm³/mol. The van der Waals surface area contributed by atoms with Crippen molar-refractivity contribution in [3.8, 4) is 0 Å². The fraction of sp³-hybridized carbons (Fsp3) is 0.400. The van der Waals surface area contributed by atoms with E-state index >= 15 is 0 Å². The van der Waals surface area contributed by atoms with Crippen LogP contribution in [0.2, 0.25) is 10.3 Å². The Balaban J connectivity index is 1.49. The van der Waals surface area contributed by atoms with Gasteiger partial charge < -0.3 is 25.4 Å². The van der Waals surface area contributed by atoms with E-state index in [1.807, 2.05) is 18.2 Å². The van der Waals surface area contributed by atoms with Gasteiger partial charge in [-0.3, -0.25) is 4.79 Å². The zero-order valence-corrected chi connectivity index (χ0v) is 20.4. The molecule has 1 aromatic carbocycles. The second-order valence-corrected chi connectivity index (χ2v) is 10.1. The van der Waals surface area contributed by atoms with Crippen molar-refractivity contribution in [3.05, 3.63) is 44.0 Å². The Kier molecular flexibility index (Phi) is 5.48. The maximum atomic E-state index is 12.4. The molecule has 0 aliphatic heterocycles. The number of carbonyl (C=O) groups excluding carboxylic acids is 1. The van der Waals surface area contributed by atoms with Gasteiger partial charge in [-0.05, 0) is 64.4 Å². The smallest absolute Gasteiger partial charge is 0.229 e. The summed E-state index contributed by atoms with van der Waals surface area (Å²) in [5.41, 5.74) is 0.783. The van der Waals surface area contributed by atoms with E-state index in [-0.39, 0.29) is 17.1 Å². The van der Waals surface area contributed by atoms with E-state index in [4.69, 9.17) is 23.2 Å². The van der Waals surface area contributed by atoms with Crippen LogP contribution in [0.15, 0.2) is 24.5 Å². The van der Waals surface area contributed by atoms with E-state index in [0.717, 1.165) is 9.13 Å². The van der Waals surface area contributed by atoms with E-state index in [0.29, 0.717) is 35.0 Å². The van der Waals surface area contributed by atoms with Crippen molar-refractivity contribution < 1.29 is 15.0 Å². The molecule has 1 amide bonds. The van der Waals surface area contributed by atoms with Crippen LogP contribution in [-0.2, 0) is 11.3 Å². The monoisotopic (exact) mass is 588 g/mol. The van der Waals surface area contributed by atoms with Gasteiger partial charge in [0.05, 0.1) is 23.9 Å². The third-order valence-electron chi connectivity index (χ3n) is 6.49. The molecule has 2 aromatic heterocycles. The molecule has 0 bridgehead atoms. The number of nitrogens with one attached hydrogen (secondary N) is 2. The second kappa shape index (κ2) is 7.94. The highest BCUT2D eigenvalue weighted by Crippen LogP contribution is 2.67. The van der Waals surface area contributed by atoms with Crippen LogP contribution in [0, 0.1) is 14.9 Å². The zero-order chi connectivity index (χ0) is 22.8. The SMILES string of the molecule is CNC(=O)[C@]12C[C@@H]1[C@@H](n1cnc3c(NCc4cc(I)ccc4Cl)nc(Cl)nc31)[C@H](O)[C@@H]2O. The molecule has 2 heterocycles. The molecule has 4 N–H and O–H groups in total. The molecule has 9 nitrogen and oxygen atoms in total. The van der Waals surface area contributed by atoms with Crippen molar-refractivity contribution in [1.29, 1.82) is 0 Å². The van der Waals surface area contributed by atoms with Crippen molar-refractivity contribution in [1.82, 2.24) is 24.8 Å². The Hall–Kier alpha value is -1.73. The van der Waals surface area contributed by atoms with Crippen LogP contribution >= 0.6 is 45.8 Å². The lowest BCUT2D eigenvalue weighted by Crippen LogP contribution is -2.41. The summed E-state index contributed by atoms with van der Waals surface area (Å²) in [6.45, 7) is 0.401. The maximum absolute atomic E-state index is 12.4. The molecule has 2 aliphatic rings. The van der Waals surface area contributed by atoms with Gasteiger partial charge in [-0.15, -0.1) is 0 Å². The molecule has 0 unspecified atom stereocenters. The molecule has 5 atom stereocenters. The predicted octanol–water partition coefficient (Wildman–Crippen LogP) is 2.38. The lowest BCUT2D eigenvalue weighted by Gasteiger charge is -2.23. The lowest BCUT2D eigenvalue weighted by molar-refractivity contribution is -0.132. The molecular formula is C20H19Cl2IN6O3. The molecule has 5 rings (SSSR count). The minimum Gasteiger partial charge on any atom is -0.389 e. The van der Waals surface area contributed by atoms with Crippen LogP contribution in [0.25, 0.3) is 11.2 Å². The van der Waals surface area contributed by atoms with Gasteiger partial charge in [-0.25, -0.2) is 4.98 Å². The van der Waals surface area contributed by atoms with Crippen molar-refractivity contribution in [3.63, 3.8) is 0 Å². The highest BCUT2D eigenvalue weighted by Gasteiger charge is 2.75. The number of carbonyl (C=O) groups is 1. The summed E-state index contributed by atoms with van der Waals surface area (Å²) >= 11 is 14.7. The van der Waals surface area contributed by atoms with Crippen LogP contribution in [0.5, 0.6) is 0 Å². The molecule has 3 aromatic rings. The Labute approximate surface area is 206 Å². The third-order valence-corrected chi connectivity index (χ3v) is 7.70. The normalized spacial score (nSPS) is 28.6. The van der Waals surface area contributed by atoms with Crippen LogP contribution in [0.1, 0.15) is 18.0 Å². The number of anilines is 1. The number of aliphatic hydroxyl groups excluding tert-OH is 2. The van der Waals surface area contributed by atoms with Crippen LogP contribution in [0.4, 0.5) is 5.82 Å². The fourth-order valence-corrected chi connectivity index (χ4v) is 5.78. The number of fused-ring (bicyclic) bond motifs is 2. The number of aliphatic hydroxyl groups is 2. The van der Waals surface area contributed by atoms with Gasteiger partial charge in [0, 0.05) is 28.1 Å². The molecule has 2 fully saturated rings. The van der Waals surface area contributed by atoms with Gasteiger partial charge in [-0.1, -0.05) is 11.6 Å². The van der Waals surface area contributed by atoms with Gasteiger partial charge in [0.25, 0.3) is 0 Å². The van der Waals surface area contributed by atoms with E-state index in [1.165, 1.54) is 13.4 Å². The quantitative estimate of drug-likeness (QED) is 0.266. The topological polar surface area (TPSA) is 125 Å². The number of imidazole rings is 1. The number of nitrogens with zero attached hydrogens (tertiary/aromatic N) is 4. The number of hydrogen-bond acceptors (Lipinski definition) is 7. The molecule has 2 aliphatic carbocycles. The molecule has 0 spiro atoms. The van der Waals surface area contributed by atoms with Gasteiger partial charge in [-0.2, -0.15) is 9.97 Å². The Bertz CT molecular complexity index is 1240. The van der Waals surface area contributed by atoms with Crippen molar-refractivity contribution in [2.45, 2.75) is 31.2 Å². The zero-order valence-electron chi connectivity index (χ0n) is 16.8. The molecule has 0 radical (unpaired) electrons. The molecule has 2 saturated carbocycles. The summed E-state index contributed by atoms with van der Waals surface area (Å²) in [6.07, 6.45) is -0.297. The summed E-state index contributed by atoms with van der Waals surface area (Å²) in [5.74, 6) is -0.0827. The van der Waals surface area contributed by atoms with Crippen molar-refractivity contribution in [2.24, 2.45) is 11.3 Å². The summed E-state index contributed by atoms with van der Waals surface area (Å²) < 4.78 is 2.74. The largest absolute Gasteiger partial charge is 0.389 e. The highest BCUT2D eigenvalue weighted by atomic mass is 127. The fourth-order valence-electron chi connectivity index (χ4n) is 4.88. The second-order valence-electron chi connectivity index (χ2n) is 8.11. The first kappa shape index (κ1) is 22.1. The number of rotatable bonds is 5. The molecule has 32 heavy (non-hydrogen) atoms. The molecule has 168 valence electrons. The van der Waals surface area contributed by atoms with E-state index in [2.05, 4.69) is 48.2 Å². The van der Waals surface area contributed by atoms with Gasteiger partial charge in [0.15, 0.2) is 17.0 Å². The van der Waals surface area contributed by atoms with Crippen molar-refractivity contribution in [2.75, 3.05) is 12.4 Å². The number of benzene rings is 1. The number of halogens is 3. The van der Waals surface area contributed by atoms with Crippen LogP contribution < -0.4 is 10.6 Å². The molecule has 12 heteroatoms. The average molecular weight is 589 g/mol. The first-order valence-electron chi connectivity index (χ1n) is 9.94. The first-order valence-corrected chi connectivity index (χ1v) is 11.8. The summed E-state index contributed by atoms with van der Waals surface area (Å²) in [6, 6.07) is 5.16. The van der Waals surface area contributed by atoms with E-state index in [9.17, 15) is 15.0 Å². The standard InChI is InChI=1S/C20H19Cl2IN6O3/c1-24-18(32)20-5-10(20)13(14(30)15(20)31)29-7-26-12-16(27-19(22)28-17(12)29)25-6-8-4-9(23)2-3-11(8)21/h2-4,7,10,13-15,30-31H,5-6H2,1H3,(H,24,32)(H,25,27,28)/t10-,13-,14+,15+,20-/m1/s1. The number of hydrogen-bond donors (Lipinski definition) is 4. The summed E-state index contributed by atoms with van der Waals surface area (Å²) in [4.78, 5) is 25.5. The minimum atomic E-state index is -1.17. The van der Waals surface area contributed by atoms with E-state index < -0.39 is 23.7 Å². The minimum absolute atomic E-state index is 0.0110. The first-order chi connectivity index (χ1) is 15.3. The van der Waals surface area contributed by atoms with Gasteiger partial charge >= 0.3 is 0 Å². The molecular weight excluding hydrogens is 570 g/mol. The van der Waals surface area contributed by atoms with Gasteiger partial charge in [0.1, 0.15) is 6.10 Å².